The van der Waals surface area contributed by atoms with Gasteiger partial charge < -0.3 is 44.6 Å². The number of benzene rings is 4. The molecule has 15 nitrogen and oxygen atoms in total. The van der Waals surface area contributed by atoms with Crippen LogP contribution < -0.4 is 15.4 Å². The highest BCUT2D eigenvalue weighted by atomic mass is 16.5. The van der Waals surface area contributed by atoms with Crippen molar-refractivity contribution < 1.29 is 33.4 Å². The Morgan fingerprint density at radius 2 is 1.67 bits per heavy atom. The first-order valence-corrected chi connectivity index (χ1v) is 22.1. The molecule has 9 rings (SSSR count). The minimum atomic E-state index is -0.896. The Morgan fingerprint density at radius 3 is 2.42 bits per heavy atom. The molecule has 2 aromatic heterocycles. The van der Waals surface area contributed by atoms with Gasteiger partial charge in [-0.25, -0.2) is 19.6 Å². The maximum Gasteiger partial charge on any atom is 0.407 e. The van der Waals surface area contributed by atoms with E-state index >= 15 is 0 Å². The molecule has 6 aromatic rings. The van der Waals surface area contributed by atoms with Crippen LogP contribution in [-0.2, 0) is 25.7 Å². The molecule has 3 aliphatic rings. The van der Waals surface area contributed by atoms with Gasteiger partial charge in [-0.1, -0.05) is 75.7 Å². The highest BCUT2D eigenvalue weighted by Gasteiger charge is 2.45. The van der Waals surface area contributed by atoms with Crippen LogP contribution in [0.2, 0.25) is 0 Å². The fourth-order valence-electron chi connectivity index (χ4n) is 9.95. The van der Waals surface area contributed by atoms with E-state index in [1.807, 2.05) is 55.1 Å². The SMILES string of the molecule is CC[C@H]1C[C@@H](c2nc3ccc4cc5c(cc4c3[nH]2)OCc2cc(-c3cnc(C4CCCN4C(=O)C(NC(=O)OC)c4ccccc4)[nH]3)ccc2-5)N(C(=O)[C@@H](NC(=O)OC)C(C)C)[C@H]1C. The van der Waals surface area contributed by atoms with Gasteiger partial charge in [0.1, 0.15) is 36.1 Å². The predicted molar refractivity (Wildman–Crippen MR) is 241 cm³/mol. The first-order valence-electron chi connectivity index (χ1n) is 22.1. The van der Waals surface area contributed by atoms with Crippen LogP contribution in [0.15, 0.2) is 79.0 Å². The monoisotopic (exact) mass is 866 g/mol. The second-order valence-electron chi connectivity index (χ2n) is 17.4. The second kappa shape index (κ2) is 17.3. The van der Waals surface area contributed by atoms with E-state index in [1.165, 1.54) is 14.2 Å². The molecule has 2 fully saturated rings. The molecule has 332 valence electrons. The molecule has 0 saturated carbocycles. The molecular formula is C49H54N8O7. The van der Waals surface area contributed by atoms with Crippen LogP contribution in [0.3, 0.4) is 0 Å². The standard InChI is InChI=1S/C49H54N8O7/c1-7-28-22-39(57(27(28)4)47(59)41(26(2)3)54-48(60)62-5)45-51-36-18-16-30-21-35-33-17-15-31(20-32(33)25-64-40(35)23-34(30)43(36)53-45)37-24-50-44(52-37)38-14-11-19-56(38)46(58)42(55-49(61)63-6)29-12-9-8-10-13-29/h8-10,12-13,15-18,20-21,23-24,26-28,38-39,41-42H,7,11,14,19,22,25H2,1-6H3,(H,50,52)(H,51,53)(H,54,60)(H,55,61)/t27-,28-,38?,39-,41-,42?/m0/s1. The number of aromatic amines is 2. The Kier molecular flexibility index (Phi) is 11.5. The lowest BCUT2D eigenvalue weighted by molar-refractivity contribution is -0.137. The van der Waals surface area contributed by atoms with Crippen LogP contribution in [0.25, 0.3) is 44.2 Å². The Labute approximate surface area is 371 Å². The van der Waals surface area contributed by atoms with Gasteiger partial charge in [0, 0.05) is 23.5 Å². The van der Waals surface area contributed by atoms with E-state index in [2.05, 4.69) is 70.8 Å². The quantitative estimate of drug-likeness (QED) is 0.105. The second-order valence-corrected chi connectivity index (χ2v) is 17.4. The van der Waals surface area contributed by atoms with Gasteiger partial charge in [-0.2, -0.15) is 0 Å². The van der Waals surface area contributed by atoms with Gasteiger partial charge in [0.25, 0.3) is 5.91 Å². The van der Waals surface area contributed by atoms with Crippen molar-refractivity contribution in [2.45, 2.75) is 90.2 Å². The average Bonchev–Trinajstić information content (AvgIpc) is 4.14. The molecule has 15 heteroatoms. The van der Waals surface area contributed by atoms with Gasteiger partial charge in [-0.05, 0) is 89.9 Å². The molecule has 4 N–H and O–H groups in total. The van der Waals surface area contributed by atoms with Gasteiger partial charge in [0.05, 0.1) is 49.2 Å². The summed E-state index contributed by atoms with van der Waals surface area (Å²) in [6.07, 6.45) is 3.70. The zero-order chi connectivity index (χ0) is 44.8. The maximum absolute atomic E-state index is 14.2. The average molecular weight is 867 g/mol. The molecular weight excluding hydrogens is 813 g/mol. The summed E-state index contributed by atoms with van der Waals surface area (Å²) in [6, 6.07) is 21.6. The van der Waals surface area contributed by atoms with Crippen LogP contribution in [-0.4, -0.2) is 86.6 Å². The Balaban J connectivity index is 0.972. The number of H-pyrrole nitrogens is 2. The molecule has 0 radical (unpaired) electrons. The van der Waals surface area contributed by atoms with E-state index in [9.17, 15) is 19.2 Å². The van der Waals surface area contributed by atoms with Crippen LogP contribution in [0.1, 0.15) is 94.3 Å². The number of nitrogens with zero attached hydrogens (tertiary/aromatic N) is 4. The lowest BCUT2D eigenvalue weighted by Crippen LogP contribution is -2.53. The largest absolute Gasteiger partial charge is 0.488 e. The summed E-state index contributed by atoms with van der Waals surface area (Å²) in [5.41, 5.74) is 7.23. The number of hydrogen-bond donors (Lipinski definition) is 4. The van der Waals surface area contributed by atoms with Crippen molar-refractivity contribution in [3.63, 3.8) is 0 Å². The van der Waals surface area contributed by atoms with Crippen molar-refractivity contribution >= 4 is 45.8 Å². The number of nitrogens with one attached hydrogen (secondary N) is 4. The van der Waals surface area contributed by atoms with Crippen molar-refractivity contribution in [2.75, 3.05) is 20.8 Å². The molecule has 2 unspecified atom stereocenters. The molecule has 0 aliphatic carbocycles. The molecule has 2 saturated heterocycles. The summed E-state index contributed by atoms with van der Waals surface area (Å²) in [7, 11) is 2.58. The molecule has 4 aromatic carbocycles. The summed E-state index contributed by atoms with van der Waals surface area (Å²) in [5.74, 6) is 1.93. The minimum Gasteiger partial charge on any atom is -0.488 e. The molecule has 0 spiro atoms. The third kappa shape index (κ3) is 7.66. The van der Waals surface area contributed by atoms with E-state index in [1.54, 1.807) is 11.1 Å². The van der Waals surface area contributed by atoms with E-state index < -0.39 is 24.3 Å². The number of carbonyl (C=O) groups is 4. The smallest absolute Gasteiger partial charge is 0.407 e. The zero-order valence-electron chi connectivity index (χ0n) is 36.9. The predicted octanol–water partition coefficient (Wildman–Crippen LogP) is 8.50. The zero-order valence-corrected chi connectivity index (χ0v) is 36.9. The van der Waals surface area contributed by atoms with Gasteiger partial charge >= 0.3 is 12.2 Å². The van der Waals surface area contributed by atoms with Crippen LogP contribution in [0.5, 0.6) is 5.75 Å². The number of amides is 4. The molecule has 4 amide bonds. The van der Waals surface area contributed by atoms with Crippen molar-refractivity contribution in [1.29, 1.82) is 0 Å². The van der Waals surface area contributed by atoms with Crippen molar-refractivity contribution in [3.05, 3.63) is 102 Å². The number of likely N-dealkylation sites (tertiary alicyclic amines) is 2. The number of rotatable bonds is 10. The fraction of sp³-hybridized carbons (Fsp3) is 0.388. The van der Waals surface area contributed by atoms with Crippen LogP contribution >= 0.6 is 0 Å². The highest BCUT2D eigenvalue weighted by molar-refractivity contribution is 6.07. The number of carbonyl (C=O) groups excluding carboxylic acids is 4. The molecule has 5 heterocycles. The Hall–Kier alpha value is -6.90. The topological polar surface area (TPSA) is 184 Å². The summed E-state index contributed by atoms with van der Waals surface area (Å²) in [5, 5.41) is 7.49. The summed E-state index contributed by atoms with van der Waals surface area (Å²) in [6.45, 7) is 8.98. The normalized spacial score (nSPS) is 20.1. The maximum atomic E-state index is 14.2. The third-order valence-electron chi connectivity index (χ3n) is 13.4. The highest BCUT2D eigenvalue weighted by Crippen LogP contribution is 2.45. The first kappa shape index (κ1) is 42.4. The molecule has 6 atom stereocenters. The number of ether oxygens (including phenoxy) is 3. The van der Waals surface area contributed by atoms with Crippen molar-refractivity contribution in [3.8, 4) is 28.1 Å². The lowest BCUT2D eigenvalue weighted by Gasteiger charge is -2.33. The molecule has 0 bridgehead atoms. The van der Waals surface area contributed by atoms with Gasteiger partial charge in [-0.15, -0.1) is 0 Å². The van der Waals surface area contributed by atoms with Crippen LogP contribution in [0, 0.1) is 11.8 Å². The summed E-state index contributed by atoms with van der Waals surface area (Å²) in [4.78, 5) is 73.5. The van der Waals surface area contributed by atoms with Gasteiger partial charge in [-0.3, -0.25) is 9.59 Å². The molecule has 64 heavy (non-hydrogen) atoms. The van der Waals surface area contributed by atoms with Gasteiger partial charge in [0.2, 0.25) is 5.91 Å². The Bertz CT molecular complexity index is 2750. The number of aromatic nitrogens is 4. The van der Waals surface area contributed by atoms with Crippen molar-refractivity contribution in [2.24, 2.45) is 11.8 Å². The van der Waals surface area contributed by atoms with Crippen LogP contribution in [0.4, 0.5) is 9.59 Å². The summed E-state index contributed by atoms with van der Waals surface area (Å²) < 4.78 is 16.2. The van der Waals surface area contributed by atoms with E-state index in [0.717, 1.165) is 87.0 Å². The van der Waals surface area contributed by atoms with E-state index in [-0.39, 0.29) is 41.8 Å². The number of fused-ring (bicyclic) bond motifs is 6. The van der Waals surface area contributed by atoms with E-state index in [4.69, 9.17) is 24.2 Å². The molecule has 3 aliphatic heterocycles. The minimum absolute atomic E-state index is 0.0470. The van der Waals surface area contributed by atoms with Gasteiger partial charge in [0.15, 0.2) is 0 Å². The number of imidazole rings is 2. The fourth-order valence-corrected chi connectivity index (χ4v) is 9.95. The first-order chi connectivity index (χ1) is 31.0. The third-order valence-corrected chi connectivity index (χ3v) is 13.4. The van der Waals surface area contributed by atoms with Crippen molar-refractivity contribution in [1.82, 2.24) is 40.4 Å². The number of alkyl carbamates (subject to hydrolysis) is 2. The summed E-state index contributed by atoms with van der Waals surface area (Å²) >= 11 is 0. The lowest BCUT2D eigenvalue weighted by atomic mass is 9.92. The number of methoxy groups -OCH3 is 2. The Morgan fingerprint density at radius 1 is 0.891 bits per heavy atom. The van der Waals surface area contributed by atoms with E-state index in [0.29, 0.717) is 24.5 Å². The number of hydrogen-bond acceptors (Lipinski definition) is 9.